The Kier molecular flexibility index (Phi) is 4.55. The molecule has 0 saturated carbocycles. The van der Waals surface area contributed by atoms with Crippen LogP contribution in [0.1, 0.15) is 0 Å². The summed E-state index contributed by atoms with van der Waals surface area (Å²) in [7, 11) is -3.46. The second kappa shape index (κ2) is 6.83. The van der Waals surface area contributed by atoms with Crippen LogP contribution in [0.25, 0.3) is 0 Å². The Morgan fingerprint density at radius 2 is 2.12 bits per heavy atom. The van der Waals surface area contributed by atoms with Crippen molar-refractivity contribution in [3.63, 3.8) is 0 Å². The molecular formula is C16H17NO6S2. The highest BCUT2D eigenvalue weighted by Crippen LogP contribution is 2.35. The Bertz CT molecular complexity index is 836. The van der Waals surface area contributed by atoms with E-state index in [4.69, 9.17) is 18.9 Å². The van der Waals surface area contributed by atoms with Gasteiger partial charge < -0.3 is 18.9 Å². The van der Waals surface area contributed by atoms with Crippen LogP contribution in [0.4, 0.5) is 0 Å². The van der Waals surface area contributed by atoms with Crippen molar-refractivity contribution in [2.45, 2.75) is 10.3 Å². The summed E-state index contributed by atoms with van der Waals surface area (Å²) in [5, 5.41) is 1.76. The second-order valence-corrected chi connectivity index (χ2v) is 8.73. The molecule has 0 bridgehead atoms. The lowest BCUT2D eigenvalue weighted by molar-refractivity contribution is -0.0249. The fourth-order valence-electron chi connectivity index (χ4n) is 2.70. The standard InChI is InChI=1S/C16H17NO6S2/c18-25(19,16-2-1-7-24-16)17-5-6-20-13(9-17)10-21-12-3-4-14-15(8-12)23-11-22-14/h1-4,7-8,13H,5-6,9-11H2. The van der Waals surface area contributed by atoms with Gasteiger partial charge in [0.15, 0.2) is 11.5 Å². The maximum Gasteiger partial charge on any atom is 0.252 e. The minimum absolute atomic E-state index is 0.208. The van der Waals surface area contributed by atoms with Gasteiger partial charge in [0.25, 0.3) is 10.0 Å². The molecule has 1 saturated heterocycles. The van der Waals surface area contributed by atoms with E-state index in [-0.39, 0.29) is 26.0 Å². The van der Waals surface area contributed by atoms with E-state index in [2.05, 4.69) is 0 Å². The van der Waals surface area contributed by atoms with Crippen LogP contribution in [-0.2, 0) is 14.8 Å². The van der Waals surface area contributed by atoms with E-state index in [0.29, 0.717) is 34.6 Å². The van der Waals surface area contributed by atoms with Gasteiger partial charge in [0, 0.05) is 19.2 Å². The van der Waals surface area contributed by atoms with Gasteiger partial charge in [-0.3, -0.25) is 0 Å². The number of nitrogens with zero attached hydrogens (tertiary/aromatic N) is 1. The van der Waals surface area contributed by atoms with E-state index in [1.54, 1.807) is 35.7 Å². The number of benzene rings is 1. The molecule has 2 aromatic rings. The topological polar surface area (TPSA) is 74.3 Å². The Hall–Kier alpha value is -1.81. The zero-order valence-electron chi connectivity index (χ0n) is 13.3. The van der Waals surface area contributed by atoms with Gasteiger partial charge in [-0.2, -0.15) is 4.31 Å². The quantitative estimate of drug-likeness (QED) is 0.786. The number of ether oxygens (including phenoxy) is 4. The third-order valence-electron chi connectivity index (χ3n) is 3.97. The third-order valence-corrected chi connectivity index (χ3v) is 7.21. The molecule has 0 N–H and O–H groups in total. The Labute approximate surface area is 149 Å². The van der Waals surface area contributed by atoms with Crippen LogP contribution in [-0.4, -0.2) is 51.9 Å². The molecule has 1 fully saturated rings. The summed E-state index contributed by atoms with van der Waals surface area (Å²) in [6.07, 6.45) is -0.325. The van der Waals surface area contributed by atoms with Gasteiger partial charge in [-0.05, 0) is 23.6 Å². The predicted octanol–water partition coefficient (Wildman–Crippen LogP) is 1.95. The third kappa shape index (κ3) is 3.45. The molecule has 0 amide bonds. The molecule has 0 spiro atoms. The lowest BCUT2D eigenvalue weighted by Crippen LogP contribution is -2.47. The number of hydrogen-bond acceptors (Lipinski definition) is 7. The molecule has 7 nitrogen and oxygen atoms in total. The Morgan fingerprint density at radius 1 is 1.24 bits per heavy atom. The lowest BCUT2D eigenvalue weighted by Gasteiger charge is -2.31. The highest BCUT2D eigenvalue weighted by molar-refractivity contribution is 7.91. The number of thiophene rings is 1. The van der Waals surface area contributed by atoms with Crippen molar-refractivity contribution in [2.24, 2.45) is 0 Å². The van der Waals surface area contributed by atoms with Gasteiger partial charge in [0.2, 0.25) is 6.79 Å². The fraction of sp³-hybridized carbons (Fsp3) is 0.375. The van der Waals surface area contributed by atoms with Crippen molar-refractivity contribution < 1.29 is 27.4 Å². The van der Waals surface area contributed by atoms with Gasteiger partial charge in [0.1, 0.15) is 22.7 Å². The first-order chi connectivity index (χ1) is 12.1. The average molecular weight is 383 g/mol. The maximum atomic E-state index is 12.6. The lowest BCUT2D eigenvalue weighted by atomic mass is 10.3. The van der Waals surface area contributed by atoms with Crippen LogP contribution in [0.5, 0.6) is 17.2 Å². The largest absolute Gasteiger partial charge is 0.491 e. The van der Waals surface area contributed by atoms with Gasteiger partial charge in [-0.25, -0.2) is 8.42 Å². The molecule has 9 heteroatoms. The Balaban J connectivity index is 1.39. The molecule has 1 aromatic heterocycles. The first-order valence-corrected chi connectivity index (χ1v) is 10.1. The zero-order valence-corrected chi connectivity index (χ0v) is 14.9. The summed E-state index contributed by atoms with van der Waals surface area (Å²) in [6, 6.07) is 8.68. The van der Waals surface area contributed by atoms with E-state index < -0.39 is 10.0 Å². The summed E-state index contributed by atoms with van der Waals surface area (Å²) in [6.45, 7) is 1.43. The van der Waals surface area contributed by atoms with E-state index in [9.17, 15) is 8.42 Å². The number of hydrogen-bond donors (Lipinski definition) is 0. The summed E-state index contributed by atoms with van der Waals surface area (Å²) in [4.78, 5) is 0. The normalized spacial score (nSPS) is 20.6. The summed E-state index contributed by atoms with van der Waals surface area (Å²) in [5.74, 6) is 1.96. The summed E-state index contributed by atoms with van der Waals surface area (Å²) in [5.41, 5.74) is 0. The van der Waals surface area contributed by atoms with Crippen LogP contribution in [0, 0.1) is 0 Å². The maximum absolute atomic E-state index is 12.6. The molecular weight excluding hydrogens is 366 g/mol. The molecule has 134 valence electrons. The van der Waals surface area contributed by atoms with Gasteiger partial charge in [0.05, 0.1) is 6.61 Å². The molecule has 0 radical (unpaired) electrons. The first-order valence-electron chi connectivity index (χ1n) is 7.80. The average Bonchev–Trinajstić information content (AvgIpc) is 3.31. The van der Waals surface area contributed by atoms with Crippen LogP contribution < -0.4 is 14.2 Å². The monoisotopic (exact) mass is 383 g/mol. The van der Waals surface area contributed by atoms with Crippen molar-refractivity contribution in [1.29, 1.82) is 0 Å². The molecule has 3 heterocycles. The van der Waals surface area contributed by atoms with Crippen LogP contribution in [0.15, 0.2) is 39.9 Å². The molecule has 25 heavy (non-hydrogen) atoms. The number of rotatable bonds is 5. The molecule has 4 rings (SSSR count). The highest BCUT2D eigenvalue weighted by Gasteiger charge is 2.31. The molecule has 1 atom stereocenters. The second-order valence-electron chi connectivity index (χ2n) is 5.61. The van der Waals surface area contributed by atoms with E-state index >= 15 is 0 Å². The minimum atomic E-state index is -3.46. The van der Waals surface area contributed by atoms with Gasteiger partial charge in [-0.15, -0.1) is 11.3 Å². The number of fused-ring (bicyclic) bond motifs is 1. The number of morpholine rings is 1. The van der Waals surface area contributed by atoms with Gasteiger partial charge >= 0.3 is 0 Å². The van der Waals surface area contributed by atoms with E-state index in [0.717, 1.165) is 0 Å². The summed E-state index contributed by atoms with van der Waals surface area (Å²) >= 11 is 1.22. The first kappa shape index (κ1) is 16.6. The molecule has 1 unspecified atom stereocenters. The molecule has 1 aromatic carbocycles. The predicted molar refractivity (Wildman–Crippen MR) is 90.9 cm³/mol. The van der Waals surface area contributed by atoms with Crippen LogP contribution >= 0.6 is 11.3 Å². The van der Waals surface area contributed by atoms with Crippen molar-refractivity contribution in [1.82, 2.24) is 4.31 Å². The van der Waals surface area contributed by atoms with E-state index in [1.807, 2.05) is 0 Å². The van der Waals surface area contributed by atoms with Crippen molar-refractivity contribution in [3.05, 3.63) is 35.7 Å². The van der Waals surface area contributed by atoms with Gasteiger partial charge in [-0.1, -0.05) is 6.07 Å². The van der Waals surface area contributed by atoms with Crippen molar-refractivity contribution >= 4 is 21.4 Å². The van der Waals surface area contributed by atoms with Crippen LogP contribution in [0.3, 0.4) is 0 Å². The fourth-order valence-corrected chi connectivity index (χ4v) is 5.30. The van der Waals surface area contributed by atoms with Crippen molar-refractivity contribution in [3.8, 4) is 17.2 Å². The molecule has 2 aliphatic heterocycles. The van der Waals surface area contributed by atoms with E-state index in [1.165, 1.54) is 15.6 Å². The smallest absolute Gasteiger partial charge is 0.252 e. The number of sulfonamides is 1. The SMILES string of the molecule is O=S(=O)(c1cccs1)N1CCOC(COc2ccc3c(c2)OCO3)C1. The van der Waals surface area contributed by atoms with Crippen molar-refractivity contribution in [2.75, 3.05) is 33.1 Å². The van der Waals surface area contributed by atoms with Crippen LogP contribution in [0.2, 0.25) is 0 Å². The zero-order chi connectivity index (χ0) is 17.3. The minimum Gasteiger partial charge on any atom is -0.491 e. The molecule has 2 aliphatic rings. The summed E-state index contributed by atoms with van der Waals surface area (Å²) < 4.78 is 49.0. The Morgan fingerprint density at radius 3 is 2.96 bits per heavy atom. The molecule has 0 aliphatic carbocycles. The highest BCUT2D eigenvalue weighted by atomic mass is 32.2.